The van der Waals surface area contributed by atoms with Crippen LogP contribution in [0.2, 0.25) is 0 Å². The number of benzene rings is 1. The number of hydrogen-bond donors (Lipinski definition) is 1. The minimum absolute atomic E-state index is 0.0981. The first-order valence-electron chi connectivity index (χ1n) is 11.0. The predicted molar refractivity (Wildman–Crippen MR) is 129 cm³/mol. The van der Waals surface area contributed by atoms with E-state index in [1.165, 1.54) is 34.0 Å². The molecule has 1 saturated carbocycles. The van der Waals surface area contributed by atoms with Crippen LogP contribution < -0.4 is 14.8 Å². The van der Waals surface area contributed by atoms with Gasteiger partial charge in [0.15, 0.2) is 0 Å². The average molecular weight is 470 g/mol. The zero-order valence-corrected chi connectivity index (χ0v) is 20.2. The Hall–Kier alpha value is -2.32. The lowest BCUT2D eigenvalue weighted by Crippen LogP contribution is -2.15. The van der Waals surface area contributed by atoms with Crippen molar-refractivity contribution in [1.29, 1.82) is 0 Å². The molecule has 2 heterocycles. The fourth-order valence-corrected chi connectivity index (χ4v) is 6.50. The molecule has 0 radical (unpaired) electrons. The number of thioether (sulfide) groups is 1. The van der Waals surface area contributed by atoms with Crippen molar-refractivity contribution in [3.05, 3.63) is 34.5 Å². The van der Waals surface area contributed by atoms with Crippen molar-refractivity contribution in [2.24, 2.45) is 5.92 Å². The first-order valence-corrected chi connectivity index (χ1v) is 12.8. The molecule has 1 unspecified atom stereocenters. The lowest BCUT2D eigenvalue weighted by molar-refractivity contribution is -0.113. The molecule has 1 aromatic carbocycles. The highest BCUT2D eigenvalue weighted by molar-refractivity contribution is 8.00. The van der Waals surface area contributed by atoms with Gasteiger partial charge in [-0.2, -0.15) is 0 Å². The van der Waals surface area contributed by atoms with Crippen molar-refractivity contribution >= 4 is 44.9 Å². The molecule has 8 heteroatoms. The Morgan fingerprint density at radius 3 is 2.81 bits per heavy atom. The topological polar surface area (TPSA) is 73.3 Å². The molecule has 3 aromatic rings. The van der Waals surface area contributed by atoms with Crippen LogP contribution in [0.3, 0.4) is 0 Å². The van der Waals surface area contributed by atoms with Crippen molar-refractivity contribution in [2.45, 2.75) is 50.0 Å². The maximum absolute atomic E-state index is 12.8. The van der Waals surface area contributed by atoms with Crippen LogP contribution in [-0.2, 0) is 17.6 Å². The molecule has 0 aliphatic heterocycles. The normalized spacial score (nSPS) is 17.8. The highest BCUT2D eigenvalue weighted by atomic mass is 32.2. The number of nitrogens with one attached hydrogen (secondary N) is 1. The minimum atomic E-state index is -0.0981. The Labute approximate surface area is 196 Å². The largest absolute Gasteiger partial charge is 0.497 e. The van der Waals surface area contributed by atoms with Gasteiger partial charge in [0.2, 0.25) is 5.91 Å². The maximum Gasteiger partial charge on any atom is 0.234 e. The standard InChI is InChI=1S/C24H27N3O3S2/c1-13-4-8-16-19(10-13)32-24-21(16)23(26-22(27-24)14-5-6-14)31-12-20(28)25-17-11-15(29-2)7-9-18(17)30-3/h7,9,11,13-14H,4-6,8,10,12H2,1-3H3,(H,25,28). The van der Waals surface area contributed by atoms with E-state index in [9.17, 15) is 4.79 Å². The number of aromatic nitrogens is 2. The first-order chi connectivity index (χ1) is 15.6. The molecule has 2 aromatic heterocycles. The quantitative estimate of drug-likeness (QED) is 0.367. The van der Waals surface area contributed by atoms with Gasteiger partial charge in [-0.15, -0.1) is 11.3 Å². The van der Waals surface area contributed by atoms with Gasteiger partial charge in [0.05, 0.1) is 25.7 Å². The molecular weight excluding hydrogens is 442 g/mol. The molecule has 168 valence electrons. The number of aryl methyl sites for hydroxylation is 1. The smallest absolute Gasteiger partial charge is 0.234 e. The monoisotopic (exact) mass is 469 g/mol. The van der Waals surface area contributed by atoms with Crippen LogP contribution in [0.4, 0.5) is 5.69 Å². The Kier molecular flexibility index (Phi) is 5.99. The Morgan fingerprint density at radius 1 is 1.22 bits per heavy atom. The summed E-state index contributed by atoms with van der Waals surface area (Å²) in [5, 5.41) is 5.09. The third-order valence-electron chi connectivity index (χ3n) is 6.10. The van der Waals surface area contributed by atoms with E-state index in [1.54, 1.807) is 32.4 Å². The molecule has 0 bridgehead atoms. The fourth-order valence-electron chi connectivity index (χ4n) is 4.19. The molecule has 2 aliphatic rings. The molecular formula is C24H27N3O3S2. The summed E-state index contributed by atoms with van der Waals surface area (Å²) < 4.78 is 10.7. The molecule has 1 N–H and O–H groups in total. The first kappa shape index (κ1) is 21.5. The number of ether oxygens (including phenoxy) is 2. The number of nitrogens with zero attached hydrogens (tertiary/aromatic N) is 2. The molecule has 1 amide bonds. The van der Waals surface area contributed by atoms with Crippen LogP contribution in [-0.4, -0.2) is 35.8 Å². The zero-order chi connectivity index (χ0) is 22.2. The fraction of sp³-hybridized carbons (Fsp3) is 0.458. The van der Waals surface area contributed by atoms with E-state index in [1.807, 2.05) is 11.3 Å². The van der Waals surface area contributed by atoms with Gasteiger partial charge in [0.25, 0.3) is 0 Å². The third kappa shape index (κ3) is 4.30. The van der Waals surface area contributed by atoms with E-state index >= 15 is 0 Å². The molecule has 32 heavy (non-hydrogen) atoms. The number of hydrogen-bond acceptors (Lipinski definition) is 7. The summed E-state index contributed by atoms with van der Waals surface area (Å²) in [4.78, 5) is 25.2. The molecule has 2 aliphatic carbocycles. The van der Waals surface area contributed by atoms with E-state index in [0.29, 0.717) is 29.0 Å². The number of fused-ring (bicyclic) bond motifs is 3. The van der Waals surface area contributed by atoms with E-state index < -0.39 is 0 Å². The summed E-state index contributed by atoms with van der Waals surface area (Å²) >= 11 is 3.34. The van der Waals surface area contributed by atoms with E-state index in [4.69, 9.17) is 19.4 Å². The van der Waals surface area contributed by atoms with Crippen molar-refractivity contribution < 1.29 is 14.3 Å². The van der Waals surface area contributed by atoms with Gasteiger partial charge in [0.1, 0.15) is 27.2 Å². The van der Waals surface area contributed by atoms with Crippen molar-refractivity contribution in [1.82, 2.24) is 9.97 Å². The summed E-state index contributed by atoms with van der Waals surface area (Å²) in [7, 11) is 3.19. The maximum atomic E-state index is 12.8. The van der Waals surface area contributed by atoms with Gasteiger partial charge in [-0.3, -0.25) is 4.79 Å². The molecule has 0 saturated heterocycles. The number of anilines is 1. The summed E-state index contributed by atoms with van der Waals surface area (Å²) in [6.07, 6.45) is 5.71. The van der Waals surface area contributed by atoms with Gasteiger partial charge in [0, 0.05) is 22.2 Å². The van der Waals surface area contributed by atoms with Gasteiger partial charge in [-0.1, -0.05) is 18.7 Å². The lowest BCUT2D eigenvalue weighted by atomic mass is 9.89. The SMILES string of the molecule is COc1ccc(OC)c(NC(=O)CSc2nc(C3CC3)nc3sc4c(c23)CCC(C)C4)c1. The zero-order valence-electron chi connectivity index (χ0n) is 18.6. The van der Waals surface area contributed by atoms with E-state index in [0.717, 1.165) is 41.4 Å². The van der Waals surface area contributed by atoms with Crippen LogP contribution in [0.15, 0.2) is 23.2 Å². The number of carbonyl (C=O) groups excluding carboxylic acids is 1. The second kappa shape index (κ2) is 8.90. The highest BCUT2D eigenvalue weighted by Crippen LogP contribution is 2.44. The molecule has 5 rings (SSSR count). The lowest BCUT2D eigenvalue weighted by Gasteiger charge is -2.18. The second-order valence-electron chi connectivity index (χ2n) is 8.60. The highest BCUT2D eigenvalue weighted by Gasteiger charge is 2.30. The summed E-state index contributed by atoms with van der Waals surface area (Å²) in [6, 6.07) is 5.36. The molecule has 0 spiro atoms. The summed E-state index contributed by atoms with van der Waals surface area (Å²) in [6.45, 7) is 2.32. The van der Waals surface area contributed by atoms with Crippen molar-refractivity contribution in [2.75, 3.05) is 25.3 Å². The third-order valence-corrected chi connectivity index (χ3v) is 8.23. The Balaban J connectivity index is 1.40. The van der Waals surface area contributed by atoms with Gasteiger partial charge >= 0.3 is 0 Å². The number of rotatable bonds is 7. The Morgan fingerprint density at radius 2 is 2.06 bits per heavy atom. The van der Waals surface area contributed by atoms with Gasteiger partial charge in [-0.25, -0.2) is 9.97 Å². The van der Waals surface area contributed by atoms with E-state index in [-0.39, 0.29) is 11.7 Å². The van der Waals surface area contributed by atoms with Gasteiger partial charge in [-0.05, 0) is 55.7 Å². The number of methoxy groups -OCH3 is 2. The molecule has 1 atom stereocenters. The van der Waals surface area contributed by atoms with E-state index in [2.05, 4.69) is 12.2 Å². The second-order valence-corrected chi connectivity index (χ2v) is 10.6. The van der Waals surface area contributed by atoms with Crippen molar-refractivity contribution in [3.63, 3.8) is 0 Å². The Bertz CT molecular complexity index is 1170. The van der Waals surface area contributed by atoms with Crippen LogP contribution in [0.5, 0.6) is 11.5 Å². The number of amides is 1. The summed E-state index contributed by atoms with van der Waals surface area (Å²) in [5.74, 6) is 3.58. The summed E-state index contributed by atoms with van der Waals surface area (Å²) in [5.41, 5.74) is 2.01. The molecule has 6 nitrogen and oxygen atoms in total. The number of carbonyl (C=O) groups is 1. The van der Waals surface area contributed by atoms with Crippen LogP contribution >= 0.6 is 23.1 Å². The minimum Gasteiger partial charge on any atom is -0.497 e. The van der Waals surface area contributed by atoms with Crippen LogP contribution in [0.1, 0.15) is 48.4 Å². The van der Waals surface area contributed by atoms with Gasteiger partial charge < -0.3 is 14.8 Å². The van der Waals surface area contributed by atoms with Crippen molar-refractivity contribution in [3.8, 4) is 11.5 Å². The van der Waals surface area contributed by atoms with Crippen LogP contribution in [0, 0.1) is 5.92 Å². The predicted octanol–water partition coefficient (Wildman–Crippen LogP) is 5.44. The number of thiophene rings is 1. The molecule has 1 fully saturated rings. The average Bonchev–Trinajstić information content (AvgIpc) is 3.58. The van der Waals surface area contributed by atoms with Crippen LogP contribution in [0.25, 0.3) is 10.2 Å².